The minimum absolute atomic E-state index is 0.265. The average molecular weight is 233 g/mol. The number of carboxylic acid groups (broad SMARTS) is 1. The van der Waals surface area contributed by atoms with Crippen molar-refractivity contribution in [2.24, 2.45) is 0 Å². The van der Waals surface area contributed by atoms with Crippen LogP contribution in [0.5, 0.6) is 0 Å². The molecule has 0 amide bonds. The number of carbonyl (C=O) groups is 1. The zero-order valence-corrected chi connectivity index (χ0v) is 9.41. The van der Waals surface area contributed by atoms with Gasteiger partial charge in [0.25, 0.3) is 0 Å². The molecule has 0 spiro atoms. The molecule has 0 radical (unpaired) electrons. The molecule has 2 aromatic rings. The normalized spacial score (nSPS) is 10.5. The standard InChI is InChI=1S/C11H11N3O3/c1-13(2)14-6-8(11(16)17)9(15)7-4-3-5-12-10(7)14/h3-6H,1-2H3,(H,16,17). The molecule has 0 aliphatic rings. The largest absolute Gasteiger partial charge is 0.477 e. The van der Waals surface area contributed by atoms with Crippen molar-refractivity contribution in [3.05, 3.63) is 40.3 Å². The maximum atomic E-state index is 11.9. The number of nitrogens with zero attached hydrogens (tertiary/aromatic N) is 3. The van der Waals surface area contributed by atoms with E-state index in [2.05, 4.69) is 4.98 Å². The Bertz CT molecular complexity index is 646. The summed E-state index contributed by atoms with van der Waals surface area (Å²) < 4.78 is 1.53. The van der Waals surface area contributed by atoms with Crippen molar-refractivity contribution < 1.29 is 9.90 Å². The van der Waals surface area contributed by atoms with Gasteiger partial charge in [-0.05, 0) is 12.1 Å². The smallest absolute Gasteiger partial charge is 0.341 e. The van der Waals surface area contributed by atoms with E-state index >= 15 is 0 Å². The van der Waals surface area contributed by atoms with Gasteiger partial charge in [0, 0.05) is 26.5 Å². The van der Waals surface area contributed by atoms with Crippen molar-refractivity contribution in [1.29, 1.82) is 0 Å². The highest BCUT2D eigenvalue weighted by atomic mass is 16.4. The van der Waals surface area contributed by atoms with E-state index in [0.717, 1.165) is 0 Å². The highest BCUT2D eigenvalue weighted by molar-refractivity contribution is 5.91. The van der Waals surface area contributed by atoms with Crippen LogP contribution in [0.4, 0.5) is 0 Å². The molecule has 2 heterocycles. The maximum absolute atomic E-state index is 11.9. The molecular formula is C11H11N3O3. The molecule has 0 saturated carbocycles. The van der Waals surface area contributed by atoms with Gasteiger partial charge in [0.15, 0.2) is 5.65 Å². The quantitative estimate of drug-likeness (QED) is 0.807. The van der Waals surface area contributed by atoms with E-state index in [1.807, 2.05) is 0 Å². The topological polar surface area (TPSA) is 75.4 Å². The Kier molecular flexibility index (Phi) is 2.55. The molecule has 0 unspecified atom stereocenters. The summed E-state index contributed by atoms with van der Waals surface area (Å²) in [6.45, 7) is 0. The minimum atomic E-state index is -1.24. The highest BCUT2D eigenvalue weighted by Crippen LogP contribution is 2.08. The van der Waals surface area contributed by atoms with E-state index in [4.69, 9.17) is 5.11 Å². The molecule has 0 aromatic carbocycles. The number of aromatic carboxylic acids is 1. The van der Waals surface area contributed by atoms with E-state index in [0.29, 0.717) is 11.0 Å². The van der Waals surface area contributed by atoms with Gasteiger partial charge in [-0.15, -0.1) is 0 Å². The summed E-state index contributed by atoms with van der Waals surface area (Å²) in [5, 5.41) is 10.9. The molecule has 88 valence electrons. The minimum Gasteiger partial charge on any atom is -0.477 e. The third-order valence-corrected chi connectivity index (χ3v) is 2.41. The van der Waals surface area contributed by atoms with Crippen LogP contribution in [-0.2, 0) is 0 Å². The lowest BCUT2D eigenvalue weighted by molar-refractivity contribution is 0.0695. The Labute approximate surface area is 96.7 Å². The van der Waals surface area contributed by atoms with Crippen molar-refractivity contribution in [2.45, 2.75) is 0 Å². The second kappa shape index (κ2) is 3.89. The lowest BCUT2D eigenvalue weighted by Gasteiger charge is -2.19. The Balaban J connectivity index is 2.95. The van der Waals surface area contributed by atoms with Gasteiger partial charge in [-0.2, -0.15) is 0 Å². The summed E-state index contributed by atoms with van der Waals surface area (Å²) in [4.78, 5) is 27.0. The van der Waals surface area contributed by atoms with Crippen molar-refractivity contribution in [2.75, 3.05) is 19.1 Å². The van der Waals surface area contributed by atoms with E-state index < -0.39 is 11.4 Å². The highest BCUT2D eigenvalue weighted by Gasteiger charge is 2.15. The second-order valence-electron chi connectivity index (χ2n) is 3.74. The van der Waals surface area contributed by atoms with Gasteiger partial charge in [-0.25, -0.2) is 14.5 Å². The molecule has 2 rings (SSSR count). The van der Waals surface area contributed by atoms with Crippen LogP contribution in [0.25, 0.3) is 11.0 Å². The molecule has 0 fully saturated rings. The van der Waals surface area contributed by atoms with Crippen molar-refractivity contribution in [3.8, 4) is 0 Å². The molecule has 1 N–H and O–H groups in total. The molecule has 0 bridgehead atoms. The molecule has 17 heavy (non-hydrogen) atoms. The molecule has 0 aliphatic heterocycles. The van der Waals surface area contributed by atoms with E-state index in [1.165, 1.54) is 10.9 Å². The first kappa shape index (κ1) is 11.1. The second-order valence-corrected chi connectivity index (χ2v) is 3.74. The van der Waals surface area contributed by atoms with Gasteiger partial charge in [0.05, 0.1) is 5.39 Å². The van der Waals surface area contributed by atoms with Crippen molar-refractivity contribution in [1.82, 2.24) is 9.66 Å². The third kappa shape index (κ3) is 1.73. The van der Waals surface area contributed by atoms with Crippen LogP contribution in [0.15, 0.2) is 29.3 Å². The molecule has 0 saturated heterocycles. The van der Waals surface area contributed by atoms with E-state index in [1.54, 1.807) is 37.4 Å². The van der Waals surface area contributed by atoms with Crippen LogP contribution < -0.4 is 10.4 Å². The molecule has 6 heteroatoms. The number of hydrogen-bond donors (Lipinski definition) is 1. The first-order valence-corrected chi connectivity index (χ1v) is 4.93. The maximum Gasteiger partial charge on any atom is 0.341 e. The number of rotatable bonds is 2. The van der Waals surface area contributed by atoms with Crippen LogP contribution in [0.2, 0.25) is 0 Å². The van der Waals surface area contributed by atoms with Crippen LogP contribution in [0, 0.1) is 0 Å². The summed E-state index contributed by atoms with van der Waals surface area (Å²) in [5.41, 5.74) is -0.342. The molecule has 0 atom stereocenters. The fourth-order valence-corrected chi connectivity index (χ4v) is 1.60. The van der Waals surface area contributed by atoms with Crippen molar-refractivity contribution >= 4 is 17.0 Å². The SMILES string of the molecule is CN(C)n1cc(C(=O)O)c(=O)c2cccnc21. The first-order chi connectivity index (χ1) is 8.02. The lowest BCUT2D eigenvalue weighted by atomic mass is 10.2. The molecule has 2 aromatic heterocycles. The number of aromatic nitrogens is 2. The number of fused-ring (bicyclic) bond motifs is 1. The first-order valence-electron chi connectivity index (χ1n) is 4.93. The van der Waals surface area contributed by atoms with Crippen LogP contribution in [0.3, 0.4) is 0 Å². The molecule has 6 nitrogen and oxygen atoms in total. The zero-order valence-electron chi connectivity index (χ0n) is 9.41. The lowest BCUT2D eigenvalue weighted by Crippen LogP contribution is -2.30. The van der Waals surface area contributed by atoms with Crippen molar-refractivity contribution in [3.63, 3.8) is 0 Å². The van der Waals surface area contributed by atoms with Gasteiger partial charge in [-0.1, -0.05) is 0 Å². The van der Waals surface area contributed by atoms with Crippen LogP contribution in [-0.4, -0.2) is 34.8 Å². The van der Waals surface area contributed by atoms with Crippen LogP contribution in [0.1, 0.15) is 10.4 Å². The Hall–Kier alpha value is -2.37. The summed E-state index contributed by atoms with van der Waals surface area (Å²) in [7, 11) is 3.48. The van der Waals surface area contributed by atoms with E-state index in [9.17, 15) is 9.59 Å². The van der Waals surface area contributed by atoms with Crippen LogP contribution >= 0.6 is 0 Å². The fraction of sp³-hybridized carbons (Fsp3) is 0.182. The fourth-order valence-electron chi connectivity index (χ4n) is 1.60. The summed E-state index contributed by atoms with van der Waals surface area (Å²) in [5.74, 6) is -1.24. The average Bonchev–Trinajstić information content (AvgIpc) is 2.29. The number of carboxylic acids is 1. The number of pyridine rings is 2. The van der Waals surface area contributed by atoms with Gasteiger partial charge < -0.3 is 10.1 Å². The Morgan fingerprint density at radius 1 is 1.47 bits per heavy atom. The Morgan fingerprint density at radius 3 is 2.76 bits per heavy atom. The van der Waals surface area contributed by atoms with Gasteiger partial charge >= 0.3 is 5.97 Å². The number of hydrogen-bond acceptors (Lipinski definition) is 4. The van der Waals surface area contributed by atoms with Gasteiger partial charge in [-0.3, -0.25) is 4.79 Å². The van der Waals surface area contributed by atoms with Gasteiger partial charge in [0.1, 0.15) is 5.56 Å². The Morgan fingerprint density at radius 2 is 2.18 bits per heavy atom. The summed E-state index contributed by atoms with van der Waals surface area (Å²) in [6, 6.07) is 3.17. The molecular weight excluding hydrogens is 222 g/mol. The van der Waals surface area contributed by atoms with E-state index in [-0.39, 0.29) is 5.56 Å². The third-order valence-electron chi connectivity index (χ3n) is 2.41. The summed E-state index contributed by atoms with van der Waals surface area (Å²) in [6.07, 6.45) is 2.84. The summed E-state index contributed by atoms with van der Waals surface area (Å²) >= 11 is 0. The monoisotopic (exact) mass is 233 g/mol. The zero-order chi connectivity index (χ0) is 12.6. The van der Waals surface area contributed by atoms with Gasteiger partial charge in [0.2, 0.25) is 5.43 Å². The predicted octanol–water partition coefficient (Wildman–Crippen LogP) is 0.292. The molecule has 0 aliphatic carbocycles. The predicted molar refractivity (Wildman–Crippen MR) is 63.0 cm³/mol.